The first kappa shape index (κ1) is 20.2. The van der Waals surface area contributed by atoms with Gasteiger partial charge in [0.25, 0.3) is 0 Å². The highest BCUT2D eigenvalue weighted by molar-refractivity contribution is 6.30. The number of likely N-dealkylation sites (N-methyl/N-ethyl adjacent to an activating group) is 1. The number of hydrogen-bond acceptors (Lipinski definition) is 3. The normalized spacial score (nSPS) is 25.4. The highest BCUT2D eigenvalue weighted by Crippen LogP contribution is 2.30. The van der Waals surface area contributed by atoms with Crippen LogP contribution in [0.15, 0.2) is 24.3 Å². The fourth-order valence-corrected chi connectivity index (χ4v) is 4.34. The molecule has 1 aromatic rings. The Balaban J connectivity index is 1.79. The molecule has 2 aliphatic rings. The molecule has 0 N–H and O–H groups in total. The lowest BCUT2D eigenvalue weighted by Gasteiger charge is -2.43. The van der Waals surface area contributed by atoms with Gasteiger partial charge in [-0.05, 0) is 50.6 Å². The Morgan fingerprint density at radius 2 is 1.89 bits per heavy atom. The van der Waals surface area contributed by atoms with Gasteiger partial charge in [-0.25, -0.2) is 0 Å². The van der Waals surface area contributed by atoms with Crippen LogP contribution in [-0.2, 0) is 16.0 Å². The van der Waals surface area contributed by atoms with E-state index < -0.39 is 0 Å². The summed E-state index contributed by atoms with van der Waals surface area (Å²) in [5, 5.41) is 0.661. The van der Waals surface area contributed by atoms with Crippen LogP contribution in [-0.4, -0.2) is 71.8 Å². The lowest BCUT2D eigenvalue weighted by molar-refractivity contribution is -0.154. The number of rotatable bonds is 5. The Morgan fingerprint density at radius 3 is 2.48 bits per heavy atom. The molecule has 148 valence electrons. The molecule has 1 aromatic carbocycles. The number of amides is 2. The maximum Gasteiger partial charge on any atom is 0.245 e. The Hall–Kier alpha value is -1.59. The number of carbonyl (C=O) groups excluding carboxylic acids is 2. The summed E-state index contributed by atoms with van der Waals surface area (Å²) in [6.45, 7) is 5.62. The van der Waals surface area contributed by atoms with Gasteiger partial charge in [0.15, 0.2) is 0 Å². The quantitative estimate of drug-likeness (QED) is 0.775. The summed E-state index contributed by atoms with van der Waals surface area (Å²) in [4.78, 5) is 32.4. The molecule has 0 radical (unpaired) electrons. The largest absolute Gasteiger partial charge is 0.335 e. The first-order chi connectivity index (χ1) is 12.8. The van der Waals surface area contributed by atoms with E-state index in [1.54, 1.807) is 12.1 Å². The second-order valence-corrected chi connectivity index (χ2v) is 8.93. The fourth-order valence-electron chi connectivity index (χ4n) is 4.22. The molecule has 0 saturated carbocycles. The lowest BCUT2D eigenvalue weighted by Crippen LogP contribution is -2.61. The maximum atomic E-state index is 13.2. The van der Waals surface area contributed by atoms with Gasteiger partial charge in [0.2, 0.25) is 11.8 Å². The predicted molar refractivity (Wildman–Crippen MR) is 108 cm³/mol. The number of halogens is 1. The average molecular weight is 392 g/mol. The number of piperazine rings is 1. The highest BCUT2D eigenvalue weighted by Gasteiger charge is 2.47. The van der Waals surface area contributed by atoms with E-state index in [9.17, 15) is 9.59 Å². The molecule has 27 heavy (non-hydrogen) atoms. The number of carbonyl (C=O) groups is 2. The average Bonchev–Trinajstić information content (AvgIpc) is 3.03. The summed E-state index contributed by atoms with van der Waals surface area (Å²) in [5.74, 6) is 0.506. The molecule has 2 saturated heterocycles. The lowest BCUT2D eigenvalue weighted by atomic mass is 9.96. The molecule has 3 atom stereocenters. The van der Waals surface area contributed by atoms with Crippen LogP contribution in [0.4, 0.5) is 0 Å². The number of hydrogen-bond donors (Lipinski definition) is 0. The molecule has 0 unspecified atom stereocenters. The van der Waals surface area contributed by atoms with Gasteiger partial charge < -0.3 is 14.7 Å². The van der Waals surface area contributed by atoms with Crippen LogP contribution >= 0.6 is 11.6 Å². The van der Waals surface area contributed by atoms with Gasteiger partial charge in [0, 0.05) is 24.2 Å². The van der Waals surface area contributed by atoms with Crippen LogP contribution in [0.5, 0.6) is 0 Å². The molecule has 0 spiro atoms. The molecule has 2 fully saturated rings. The zero-order valence-electron chi connectivity index (χ0n) is 16.7. The van der Waals surface area contributed by atoms with E-state index in [1.165, 1.54) is 0 Å². The fraction of sp³-hybridized carbons (Fsp3) is 0.619. The van der Waals surface area contributed by atoms with Crippen molar-refractivity contribution in [3.63, 3.8) is 0 Å². The minimum atomic E-state index is -0.345. The first-order valence-corrected chi connectivity index (χ1v) is 10.1. The molecule has 0 bridgehead atoms. The molecule has 0 aliphatic carbocycles. The molecular formula is C21H30ClN3O2. The maximum absolute atomic E-state index is 13.2. The molecule has 2 amide bonds. The van der Waals surface area contributed by atoms with E-state index >= 15 is 0 Å². The van der Waals surface area contributed by atoms with Crippen molar-refractivity contribution in [3.05, 3.63) is 34.9 Å². The molecule has 5 nitrogen and oxygen atoms in total. The molecule has 3 rings (SSSR count). The standard InChI is InChI=1S/C21H30ClN3O2/c1-14(2)9-19-21(27)24-12-17(23(3)4)11-18(24)13-25(19)20(26)10-15-5-7-16(22)8-6-15/h5-8,14,17-19H,9-13H2,1-4H3/t17-,18-,19-/m0/s1. The summed E-state index contributed by atoms with van der Waals surface area (Å²) in [5.41, 5.74) is 0.931. The SMILES string of the molecule is CC(C)C[C@H]1C(=O)N2C[C@@H](N(C)C)C[C@H]2CN1C(=O)Cc1ccc(Cl)cc1. The van der Waals surface area contributed by atoms with Crippen molar-refractivity contribution in [2.45, 2.75) is 51.2 Å². The van der Waals surface area contributed by atoms with Crippen molar-refractivity contribution in [1.29, 1.82) is 0 Å². The minimum Gasteiger partial charge on any atom is -0.335 e. The molecule has 0 aromatic heterocycles. The summed E-state index contributed by atoms with van der Waals surface area (Å²) < 4.78 is 0. The van der Waals surface area contributed by atoms with Crippen LogP contribution in [0.2, 0.25) is 5.02 Å². The summed E-state index contributed by atoms with van der Waals surface area (Å²) in [7, 11) is 4.12. The predicted octanol–water partition coefficient (Wildman–Crippen LogP) is 2.67. The van der Waals surface area contributed by atoms with Crippen LogP contribution in [0.3, 0.4) is 0 Å². The van der Waals surface area contributed by atoms with Crippen molar-refractivity contribution < 1.29 is 9.59 Å². The van der Waals surface area contributed by atoms with Crippen molar-refractivity contribution >= 4 is 23.4 Å². The third kappa shape index (κ3) is 4.46. The van der Waals surface area contributed by atoms with E-state index in [4.69, 9.17) is 11.6 Å². The summed E-state index contributed by atoms with van der Waals surface area (Å²) in [6.07, 6.45) is 1.95. The zero-order chi connectivity index (χ0) is 19.7. The Bertz CT molecular complexity index is 689. The second kappa shape index (κ2) is 8.19. The molecule has 6 heteroatoms. The van der Waals surface area contributed by atoms with Crippen molar-refractivity contribution in [3.8, 4) is 0 Å². The van der Waals surface area contributed by atoms with Crippen LogP contribution < -0.4 is 0 Å². The van der Waals surface area contributed by atoms with E-state index in [0.717, 1.165) is 18.5 Å². The van der Waals surface area contributed by atoms with E-state index in [1.807, 2.05) is 21.9 Å². The van der Waals surface area contributed by atoms with Crippen LogP contribution in [0.25, 0.3) is 0 Å². The smallest absolute Gasteiger partial charge is 0.245 e. The number of benzene rings is 1. The third-order valence-electron chi connectivity index (χ3n) is 5.76. The molecule has 2 heterocycles. The topological polar surface area (TPSA) is 43.9 Å². The Kier molecular flexibility index (Phi) is 6.11. The zero-order valence-corrected chi connectivity index (χ0v) is 17.4. The van der Waals surface area contributed by atoms with Crippen LogP contribution in [0, 0.1) is 5.92 Å². The minimum absolute atomic E-state index is 0.0317. The van der Waals surface area contributed by atoms with Crippen molar-refractivity contribution in [2.24, 2.45) is 5.92 Å². The third-order valence-corrected chi connectivity index (χ3v) is 6.01. The van der Waals surface area contributed by atoms with Crippen LogP contribution in [0.1, 0.15) is 32.3 Å². The van der Waals surface area contributed by atoms with Gasteiger partial charge in [0.1, 0.15) is 6.04 Å². The number of fused-ring (bicyclic) bond motifs is 1. The molecular weight excluding hydrogens is 362 g/mol. The summed E-state index contributed by atoms with van der Waals surface area (Å²) in [6, 6.07) is 7.52. The summed E-state index contributed by atoms with van der Waals surface area (Å²) >= 11 is 5.95. The van der Waals surface area contributed by atoms with E-state index in [0.29, 0.717) is 36.4 Å². The van der Waals surface area contributed by atoms with Gasteiger partial charge >= 0.3 is 0 Å². The van der Waals surface area contributed by atoms with Gasteiger partial charge in [-0.15, -0.1) is 0 Å². The van der Waals surface area contributed by atoms with Gasteiger partial charge in [0.05, 0.1) is 12.5 Å². The monoisotopic (exact) mass is 391 g/mol. The highest BCUT2D eigenvalue weighted by atomic mass is 35.5. The van der Waals surface area contributed by atoms with Gasteiger partial charge in [-0.1, -0.05) is 37.6 Å². The second-order valence-electron chi connectivity index (χ2n) is 8.49. The first-order valence-electron chi connectivity index (χ1n) is 9.77. The van der Waals surface area contributed by atoms with Crippen molar-refractivity contribution in [1.82, 2.24) is 14.7 Å². The van der Waals surface area contributed by atoms with E-state index in [-0.39, 0.29) is 23.9 Å². The Labute approximate surface area is 167 Å². The molecule has 2 aliphatic heterocycles. The number of nitrogens with zero attached hydrogens (tertiary/aromatic N) is 3. The van der Waals surface area contributed by atoms with Crippen molar-refractivity contribution in [2.75, 3.05) is 27.2 Å². The van der Waals surface area contributed by atoms with Gasteiger partial charge in [-0.3, -0.25) is 9.59 Å². The Morgan fingerprint density at radius 1 is 1.22 bits per heavy atom. The van der Waals surface area contributed by atoms with E-state index in [2.05, 4.69) is 32.8 Å². The van der Waals surface area contributed by atoms with Gasteiger partial charge in [-0.2, -0.15) is 0 Å².